The standard InChI is InChI=1S/C19H27N5O.2ClH/c1-12-8-9-15(11-16(12)21-19(25)13(2)14(3)20)18-23-22-17-7-5-4-6-10-24(17)18;;/h8-9,11,13-14H,4-7,10,20H2,1-3H3,(H,21,25);2*1H. The first-order chi connectivity index (χ1) is 12.0. The molecule has 1 amide bonds. The Kier molecular flexibility index (Phi) is 8.72. The minimum atomic E-state index is -0.243. The number of carbonyl (C=O) groups excluding carboxylic acids is 1. The number of fused-ring (bicyclic) bond motifs is 1. The van der Waals surface area contributed by atoms with Crippen molar-refractivity contribution >= 4 is 36.4 Å². The molecule has 150 valence electrons. The van der Waals surface area contributed by atoms with Crippen molar-refractivity contribution in [2.45, 2.75) is 59.0 Å². The number of rotatable bonds is 4. The summed E-state index contributed by atoms with van der Waals surface area (Å²) >= 11 is 0. The molecule has 0 fully saturated rings. The van der Waals surface area contributed by atoms with Crippen LogP contribution >= 0.6 is 24.8 Å². The van der Waals surface area contributed by atoms with Crippen LogP contribution in [-0.4, -0.2) is 26.7 Å². The molecule has 1 aromatic heterocycles. The molecule has 1 aliphatic rings. The molecule has 2 heterocycles. The summed E-state index contributed by atoms with van der Waals surface area (Å²) in [5.74, 6) is 1.64. The minimum Gasteiger partial charge on any atom is -0.327 e. The maximum absolute atomic E-state index is 12.4. The number of carbonyl (C=O) groups is 1. The highest BCUT2D eigenvalue weighted by Crippen LogP contribution is 2.27. The van der Waals surface area contributed by atoms with Crippen LogP contribution in [-0.2, 0) is 17.8 Å². The fourth-order valence-electron chi connectivity index (χ4n) is 3.08. The van der Waals surface area contributed by atoms with E-state index in [2.05, 4.69) is 20.1 Å². The van der Waals surface area contributed by atoms with Crippen LogP contribution in [0, 0.1) is 12.8 Å². The highest BCUT2D eigenvalue weighted by Gasteiger charge is 2.20. The number of hydrogen-bond acceptors (Lipinski definition) is 4. The fourth-order valence-corrected chi connectivity index (χ4v) is 3.08. The third kappa shape index (κ3) is 5.21. The Morgan fingerprint density at radius 2 is 1.93 bits per heavy atom. The second-order valence-corrected chi connectivity index (χ2v) is 7.07. The van der Waals surface area contributed by atoms with Gasteiger partial charge in [-0.15, -0.1) is 35.0 Å². The summed E-state index contributed by atoms with van der Waals surface area (Å²) in [7, 11) is 0. The number of amides is 1. The first-order valence-corrected chi connectivity index (χ1v) is 9.07. The summed E-state index contributed by atoms with van der Waals surface area (Å²) in [5.41, 5.74) is 8.65. The Morgan fingerprint density at radius 3 is 2.63 bits per heavy atom. The molecule has 0 radical (unpaired) electrons. The van der Waals surface area contributed by atoms with Crippen molar-refractivity contribution in [2.75, 3.05) is 5.32 Å². The van der Waals surface area contributed by atoms with Gasteiger partial charge in [-0.05, 0) is 38.3 Å². The van der Waals surface area contributed by atoms with Crippen LogP contribution in [0.1, 0.15) is 44.5 Å². The van der Waals surface area contributed by atoms with Crippen molar-refractivity contribution in [1.29, 1.82) is 0 Å². The molecule has 0 bridgehead atoms. The summed E-state index contributed by atoms with van der Waals surface area (Å²) in [6, 6.07) is 5.86. The van der Waals surface area contributed by atoms with Gasteiger partial charge in [0.25, 0.3) is 0 Å². The number of aromatic nitrogens is 3. The van der Waals surface area contributed by atoms with Gasteiger partial charge in [0.2, 0.25) is 5.91 Å². The lowest BCUT2D eigenvalue weighted by atomic mass is 10.0. The Hall–Kier alpha value is -1.63. The lowest BCUT2D eigenvalue weighted by Crippen LogP contribution is -2.34. The van der Waals surface area contributed by atoms with Gasteiger partial charge in [-0.25, -0.2) is 0 Å². The Bertz CT molecular complexity index is 775. The van der Waals surface area contributed by atoms with E-state index in [4.69, 9.17) is 5.73 Å². The number of nitrogens with one attached hydrogen (secondary N) is 1. The Labute approximate surface area is 173 Å². The number of nitrogens with zero attached hydrogens (tertiary/aromatic N) is 3. The molecule has 0 aliphatic carbocycles. The zero-order valence-corrected chi connectivity index (χ0v) is 17.7. The molecule has 0 saturated heterocycles. The van der Waals surface area contributed by atoms with E-state index in [1.54, 1.807) is 0 Å². The van der Waals surface area contributed by atoms with Crippen LogP contribution < -0.4 is 11.1 Å². The Morgan fingerprint density at radius 1 is 1.19 bits per heavy atom. The van der Waals surface area contributed by atoms with Crippen LogP contribution in [0.2, 0.25) is 0 Å². The first-order valence-electron chi connectivity index (χ1n) is 9.07. The number of nitrogens with two attached hydrogens (primary N) is 1. The molecule has 8 heteroatoms. The van der Waals surface area contributed by atoms with Gasteiger partial charge >= 0.3 is 0 Å². The van der Waals surface area contributed by atoms with E-state index < -0.39 is 0 Å². The van der Waals surface area contributed by atoms with Gasteiger partial charge in [0.05, 0.1) is 5.92 Å². The summed E-state index contributed by atoms with van der Waals surface area (Å²) in [6.07, 6.45) is 4.53. The van der Waals surface area contributed by atoms with Gasteiger partial charge in [0, 0.05) is 30.3 Å². The molecule has 0 saturated carbocycles. The zero-order chi connectivity index (χ0) is 18.0. The smallest absolute Gasteiger partial charge is 0.228 e. The SMILES string of the molecule is Cc1ccc(-c2nnc3n2CCCCC3)cc1NC(=O)C(C)C(C)N.Cl.Cl. The minimum absolute atomic E-state index is 0. The highest BCUT2D eigenvalue weighted by molar-refractivity contribution is 5.94. The molecule has 6 nitrogen and oxygen atoms in total. The monoisotopic (exact) mass is 413 g/mol. The summed E-state index contributed by atoms with van der Waals surface area (Å²) in [4.78, 5) is 12.4. The van der Waals surface area contributed by atoms with E-state index in [0.29, 0.717) is 0 Å². The number of halogens is 2. The molecule has 3 rings (SSSR count). The molecular formula is C19H29Cl2N5O. The number of aryl methyl sites for hydroxylation is 2. The molecule has 2 atom stereocenters. The van der Waals surface area contributed by atoms with E-state index in [-0.39, 0.29) is 42.7 Å². The predicted octanol–water partition coefficient (Wildman–Crippen LogP) is 3.75. The first kappa shape index (κ1) is 23.4. The summed E-state index contributed by atoms with van der Waals surface area (Å²) < 4.78 is 2.22. The maximum Gasteiger partial charge on any atom is 0.228 e. The van der Waals surface area contributed by atoms with Gasteiger partial charge in [0.15, 0.2) is 5.82 Å². The summed E-state index contributed by atoms with van der Waals surface area (Å²) in [5, 5.41) is 11.8. The van der Waals surface area contributed by atoms with Crippen molar-refractivity contribution in [2.24, 2.45) is 11.7 Å². The maximum atomic E-state index is 12.4. The Balaban J connectivity index is 0.00000182. The van der Waals surface area contributed by atoms with E-state index in [1.807, 2.05) is 39.0 Å². The molecule has 0 spiro atoms. The van der Waals surface area contributed by atoms with Gasteiger partial charge in [0.1, 0.15) is 5.82 Å². The highest BCUT2D eigenvalue weighted by atomic mass is 35.5. The molecule has 1 aliphatic heterocycles. The second-order valence-electron chi connectivity index (χ2n) is 7.07. The number of benzene rings is 1. The quantitative estimate of drug-likeness (QED) is 0.798. The predicted molar refractivity (Wildman–Crippen MR) is 114 cm³/mol. The average molecular weight is 414 g/mol. The normalized spacial score (nSPS) is 15.4. The molecule has 2 aromatic rings. The van der Waals surface area contributed by atoms with Crippen LogP contribution in [0.5, 0.6) is 0 Å². The second kappa shape index (κ2) is 10.1. The van der Waals surface area contributed by atoms with Crippen LogP contribution in [0.15, 0.2) is 18.2 Å². The summed E-state index contributed by atoms with van der Waals surface area (Å²) in [6.45, 7) is 6.63. The zero-order valence-electron chi connectivity index (χ0n) is 16.1. The van der Waals surface area contributed by atoms with Gasteiger partial charge in [-0.2, -0.15) is 0 Å². The van der Waals surface area contributed by atoms with E-state index in [9.17, 15) is 4.79 Å². The molecule has 2 unspecified atom stereocenters. The molecular weight excluding hydrogens is 385 g/mol. The molecule has 3 N–H and O–H groups in total. The van der Waals surface area contributed by atoms with E-state index >= 15 is 0 Å². The fraction of sp³-hybridized carbons (Fsp3) is 0.526. The largest absolute Gasteiger partial charge is 0.327 e. The topological polar surface area (TPSA) is 85.8 Å². The third-order valence-corrected chi connectivity index (χ3v) is 5.07. The van der Waals surface area contributed by atoms with Crippen molar-refractivity contribution < 1.29 is 4.79 Å². The van der Waals surface area contributed by atoms with Crippen LogP contribution in [0.25, 0.3) is 11.4 Å². The van der Waals surface area contributed by atoms with E-state index in [1.165, 1.54) is 12.8 Å². The van der Waals surface area contributed by atoms with Crippen LogP contribution in [0.3, 0.4) is 0 Å². The number of hydrogen-bond donors (Lipinski definition) is 2. The van der Waals surface area contributed by atoms with Gasteiger partial charge < -0.3 is 15.6 Å². The van der Waals surface area contributed by atoms with Crippen LogP contribution in [0.4, 0.5) is 5.69 Å². The van der Waals surface area contributed by atoms with Gasteiger partial charge in [-0.1, -0.05) is 25.5 Å². The molecule has 27 heavy (non-hydrogen) atoms. The van der Waals surface area contributed by atoms with E-state index in [0.717, 1.165) is 47.8 Å². The molecule has 1 aromatic carbocycles. The lowest BCUT2D eigenvalue weighted by molar-refractivity contribution is -0.119. The van der Waals surface area contributed by atoms with Crippen molar-refractivity contribution in [1.82, 2.24) is 14.8 Å². The third-order valence-electron chi connectivity index (χ3n) is 5.07. The van der Waals surface area contributed by atoms with Crippen molar-refractivity contribution in [3.63, 3.8) is 0 Å². The lowest BCUT2D eigenvalue weighted by Gasteiger charge is -2.17. The van der Waals surface area contributed by atoms with Gasteiger partial charge in [-0.3, -0.25) is 4.79 Å². The van der Waals surface area contributed by atoms with Crippen molar-refractivity contribution in [3.05, 3.63) is 29.6 Å². The van der Waals surface area contributed by atoms with Crippen molar-refractivity contribution in [3.8, 4) is 11.4 Å². The average Bonchev–Trinajstić information content (AvgIpc) is 2.84. The number of anilines is 1.